The van der Waals surface area contributed by atoms with Gasteiger partial charge < -0.3 is 20.1 Å². The Morgan fingerprint density at radius 2 is 2.12 bits per heavy atom. The molecule has 182 valence electrons. The fourth-order valence-corrected chi connectivity index (χ4v) is 3.75. The largest absolute Gasteiger partial charge is 0.481 e. The zero-order valence-electron chi connectivity index (χ0n) is 18.4. The molecule has 13 heteroatoms. The maximum Gasteiger partial charge on any atom is 0.411 e. The van der Waals surface area contributed by atoms with E-state index in [1.54, 1.807) is 12.3 Å². The second-order valence-corrected chi connectivity index (χ2v) is 8.11. The molecule has 0 unspecified atom stereocenters. The molecule has 0 aliphatic carbocycles. The first-order chi connectivity index (χ1) is 16.2. The van der Waals surface area contributed by atoms with Crippen molar-refractivity contribution in [1.29, 1.82) is 0 Å². The lowest BCUT2D eigenvalue weighted by Crippen LogP contribution is -2.39. The summed E-state index contributed by atoms with van der Waals surface area (Å²) >= 11 is 0. The minimum absolute atomic E-state index is 0.0586. The number of carboxylic acids is 1. The van der Waals surface area contributed by atoms with E-state index in [4.69, 9.17) is 4.74 Å². The third-order valence-corrected chi connectivity index (χ3v) is 5.40. The van der Waals surface area contributed by atoms with Gasteiger partial charge in [0.25, 0.3) is 0 Å². The molecule has 0 saturated carbocycles. The topological polar surface area (TPSA) is 118 Å². The number of hydrogen-bond donors (Lipinski definition) is 2. The van der Waals surface area contributed by atoms with Gasteiger partial charge in [-0.25, -0.2) is 9.97 Å². The molecule has 2 N–H and O–H groups in total. The summed E-state index contributed by atoms with van der Waals surface area (Å²) in [6.07, 6.45) is 0.0533. The number of anilines is 3. The van der Waals surface area contributed by atoms with Gasteiger partial charge in [0.1, 0.15) is 23.5 Å². The van der Waals surface area contributed by atoms with E-state index in [9.17, 15) is 23.1 Å². The van der Waals surface area contributed by atoms with Crippen LogP contribution in [0.2, 0.25) is 0 Å². The molecule has 3 aromatic rings. The fourth-order valence-electron chi connectivity index (χ4n) is 3.75. The zero-order valence-corrected chi connectivity index (χ0v) is 18.4. The molecule has 4 rings (SSSR count). The van der Waals surface area contributed by atoms with Crippen LogP contribution in [0.15, 0.2) is 24.5 Å². The van der Waals surface area contributed by atoms with Gasteiger partial charge in [-0.2, -0.15) is 23.3 Å². The van der Waals surface area contributed by atoms with Crippen molar-refractivity contribution in [1.82, 2.24) is 24.7 Å². The highest BCUT2D eigenvalue weighted by atomic mass is 19.4. The summed E-state index contributed by atoms with van der Waals surface area (Å²) in [5, 5.41) is 16.8. The highest BCUT2D eigenvalue weighted by molar-refractivity contribution is 5.88. The first-order valence-electron chi connectivity index (χ1n) is 10.7. The number of fused-ring (bicyclic) bond motifs is 1. The molecule has 1 aliphatic rings. The van der Waals surface area contributed by atoms with Crippen molar-refractivity contribution in [2.45, 2.75) is 32.5 Å². The molecule has 0 radical (unpaired) electrons. The van der Waals surface area contributed by atoms with Gasteiger partial charge in [-0.1, -0.05) is 6.07 Å². The fraction of sp³-hybridized carbons (Fsp3) is 0.476. The van der Waals surface area contributed by atoms with Crippen LogP contribution < -0.4 is 10.2 Å². The van der Waals surface area contributed by atoms with Crippen LogP contribution >= 0.6 is 0 Å². The Kier molecular flexibility index (Phi) is 6.82. The number of halogens is 3. The van der Waals surface area contributed by atoms with Crippen LogP contribution in [0.25, 0.3) is 11.0 Å². The lowest BCUT2D eigenvalue weighted by Gasteiger charge is -2.30. The Morgan fingerprint density at radius 3 is 2.82 bits per heavy atom. The second kappa shape index (κ2) is 9.79. The minimum Gasteiger partial charge on any atom is -0.481 e. The standard InChI is InChI=1S/C21H24F3N7O3/c1-13-4-5-16(25-9-13)28-18-17-15(10-26-31(17)7-8-34-12-21(22,23)24)27-20(29-18)30-6-2-3-14(11-30)19(32)33/h4-5,9-10,14H,2-3,6-8,11-12H2,1H3,(H,32,33)(H,25,27,28,29)/t14-/m0/s1. The number of pyridine rings is 1. The number of nitrogens with zero attached hydrogens (tertiary/aromatic N) is 6. The van der Waals surface area contributed by atoms with E-state index in [2.05, 4.69) is 25.4 Å². The van der Waals surface area contributed by atoms with Crippen LogP contribution in [-0.2, 0) is 16.1 Å². The Labute approximate surface area is 192 Å². The van der Waals surface area contributed by atoms with Crippen LogP contribution in [0.4, 0.5) is 30.8 Å². The molecule has 1 atom stereocenters. The molecule has 34 heavy (non-hydrogen) atoms. The number of aryl methyl sites for hydroxylation is 1. The smallest absolute Gasteiger partial charge is 0.411 e. The molecule has 1 fully saturated rings. The average molecular weight is 479 g/mol. The Balaban J connectivity index is 1.65. The van der Waals surface area contributed by atoms with E-state index in [0.717, 1.165) is 5.56 Å². The van der Waals surface area contributed by atoms with Crippen LogP contribution in [0.1, 0.15) is 18.4 Å². The quantitative estimate of drug-likeness (QED) is 0.470. The van der Waals surface area contributed by atoms with E-state index in [1.165, 1.54) is 10.9 Å². The van der Waals surface area contributed by atoms with Gasteiger partial charge in [-0.05, 0) is 31.4 Å². The predicted molar refractivity (Wildman–Crippen MR) is 117 cm³/mol. The van der Waals surface area contributed by atoms with E-state index in [0.29, 0.717) is 48.0 Å². The average Bonchev–Trinajstić information content (AvgIpc) is 3.21. The van der Waals surface area contributed by atoms with Gasteiger partial charge in [0, 0.05) is 19.3 Å². The molecule has 1 saturated heterocycles. The molecule has 4 heterocycles. The van der Waals surface area contributed by atoms with E-state index in [-0.39, 0.29) is 19.7 Å². The molecule has 0 aromatic carbocycles. The van der Waals surface area contributed by atoms with Gasteiger partial charge in [-0.3, -0.25) is 9.48 Å². The maximum absolute atomic E-state index is 12.4. The first kappa shape index (κ1) is 23.7. The monoisotopic (exact) mass is 479 g/mol. The summed E-state index contributed by atoms with van der Waals surface area (Å²) in [7, 11) is 0. The second-order valence-electron chi connectivity index (χ2n) is 8.11. The molecule has 10 nitrogen and oxygen atoms in total. The summed E-state index contributed by atoms with van der Waals surface area (Å²) < 4.78 is 43.3. The molecule has 0 spiro atoms. The first-order valence-corrected chi connectivity index (χ1v) is 10.7. The normalized spacial score (nSPS) is 16.7. The summed E-state index contributed by atoms with van der Waals surface area (Å²) in [4.78, 5) is 26.8. The van der Waals surface area contributed by atoms with Gasteiger partial charge in [0.15, 0.2) is 5.82 Å². The lowest BCUT2D eigenvalue weighted by atomic mass is 9.99. The van der Waals surface area contributed by atoms with Crippen molar-refractivity contribution in [3.63, 3.8) is 0 Å². The van der Waals surface area contributed by atoms with E-state index >= 15 is 0 Å². The summed E-state index contributed by atoms with van der Waals surface area (Å²) in [6, 6.07) is 3.65. The van der Waals surface area contributed by atoms with Crippen LogP contribution in [-0.4, -0.2) is 68.3 Å². The predicted octanol–water partition coefficient (Wildman–Crippen LogP) is 3.15. The van der Waals surface area contributed by atoms with Crippen LogP contribution in [0, 0.1) is 12.8 Å². The van der Waals surface area contributed by atoms with Gasteiger partial charge in [0.05, 0.1) is 25.3 Å². The molecule has 0 amide bonds. The number of ether oxygens (including phenoxy) is 1. The van der Waals surface area contributed by atoms with E-state index < -0.39 is 24.7 Å². The minimum atomic E-state index is -4.41. The number of aromatic nitrogens is 5. The summed E-state index contributed by atoms with van der Waals surface area (Å²) in [5.41, 5.74) is 1.92. The van der Waals surface area contributed by atoms with Crippen molar-refractivity contribution >= 4 is 34.6 Å². The van der Waals surface area contributed by atoms with Crippen molar-refractivity contribution < 1.29 is 27.8 Å². The number of hydrogen-bond acceptors (Lipinski definition) is 8. The molecular weight excluding hydrogens is 455 g/mol. The van der Waals surface area contributed by atoms with Gasteiger partial charge in [0.2, 0.25) is 5.95 Å². The van der Waals surface area contributed by atoms with Gasteiger partial charge >= 0.3 is 12.1 Å². The number of carboxylic acid groups (broad SMARTS) is 1. The number of aliphatic carboxylic acids is 1. The van der Waals surface area contributed by atoms with Crippen LogP contribution in [0.5, 0.6) is 0 Å². The number of nitrogens with one attached hydrogen (secondary N) is 1. The molecule has 3 aromatic heterocycles. The maximum atomic E-state index is 12.4. The van der Waals surface area contributed by atoms with E-state index in [1.807, 2.05) is 17.9 Å². The van der Waals surface area contributed by atoms with Crippen molar-refractivity contribution in [3.05, 3.63) is 30.1 Å². The summed E-state index contributed by atoms with van der Waals surface area (Å²) in [5.74, 6) is -0.154. The zero-order chi connectivity index (χ0) is 24.3. The number of alkyl halides is 3. The number of piperidine rings is 1. The van der Waals surface area contributed by atoms with Crippen molar-refractivity contribution in [2.75, 3.05) is 36.5 Å². The van der Waals surface area contributed by atoms with Crippen LogP contribution in [0.3, 0.4) is 0 Å². The highest BCUT2D eigenvalue weighted by Crippen LogP contribution is 2.28. The third kappa shape index (κ3) is 5.71. The Morgan fingerprint density at radius 1 is 1.29 bits per heavy atom. The van der Waals surface area contributed by atoms with Crippen molar-refractivity contribution in [2.24, 2.45) is 5.92 Å². The van der Waals surface area contributed by atoms with Crippen molar-refractivity contribution in [3.8, 4) is 0 Å². The lowest BCUT2D eigenvalue weighted by molar-refractivity contribution is -0.174. The number of carbonyl (C=O) groups is 1. The molecule has 1 aliphatic heterocycles. The Bertz CT molecular complexity index is 1150. The number of rotatable bonds is 8. The molecular formula is C21H24F3N7O3. The van der Waals surface area contributed by atoms with Gasteiger partial charge in [-0.15, -0.1) is 0 Å². The third-order valence-electron chi connectivity index (χ3n) is 5.40. The SMILES string of the molecule is Cc1ccc(Nc2nc(N3CCC[C@H](C(=O)O)C3)nc3cnn(CCOCC(F)(F)F)c23)nc1. The highest BCUT2D eigenvalue weighted by Gasteiger charge is 2.29. The molecule has 0 bridgehead atoms. The summed E-state index contributed by atoms with van der Waals surface area (Å²) in [6.45, 7) is 1.31. The Hall–Kier alpha value is -3.48.